The van der Waals surface area contributed by atoms with E-state index in [1.165, 1.54) is 24.4 Å². The van der Waals surface area contributed by atoms with E-state index in [1.54, 1.807) is 18.2 Å². The molecule has 2 heterocycles. The van der Waals surface area contributed by atoms with Crippen LogP contribution in [0.5, 0.6) is 11.5 Å². The monoisotopic (exact) mass is 469 g/mol. The first-order chi connectivity index (χ1) is 15.9. The second kappa shape index (κ2) is 8.43. The third kappa shape index (κ3) is 4.25. The van der Waals surface area contributed by atoms with Crippen molar-refractivity contribution in [3.05, 3.63) is 58.4 Å². The van der Waals surface area contributed by atoms with E-state index in [0.29, 0.717) is 35.9 Å². The van der Waals surface area contributed by atoms with Crippen molar-refractivity contribution < 1.29 is 22.7 Å². The van der Waals surface area contributed by atoms with Crippen molar-refractivity contribution in [1.82, 2.24) is 10.3 Å². The van der Waals surface area contributed by atoms with Crippen LogP contribution < -0.4 is 24.9 Å². The van der Waals surface area contributed by atoms with Crippen molar-refractivity contribution in [3.63, 3.8) is 0 Å². The second-order valence-electron chi connectivity index (χ2n) is 8.16. The van der Waals surface area contributed by atoms with Gasteiger partial charge in [-0.1, -0.05) is 12.8 Å². The Labute approximate surface area is 190 Å². The van der Waals surface area contributed by atoms with Gasteiger partial charge in [0.25, 0.3) is 15.9 Å². The molecule has 1 amide bonds. The first-order valence-electron chi connectivity index (χ1n) is 10.8. The molecule has 172 valence electrons. The molecule has 5 rings (SSSR count). The normalized spacial score (nSPS) is 16.0. The van der Waals surface area contributed by atoms with E-state index in [4.69, 9.17) is 9.47 Å². The molecule has 33 heavy (non-hydrogen) atoms. The van der Waals surface area contributed by atoms with Gasteiger partial charge in [-0.15, -0.1) is 0 Å². The first-order valence-corrected chi connectivity index (χ1v) is 12.3. The number of benzene rings is 2. The second-order valence-corrected chi connectivity index (χ2v) is 9.84. The van der Waals surface area contributed by atoms with Crippen LogP contribution in [0.15, 0.2) is 52.3 Å². The molecule has 0 spiro atoms. The molecular formula is C23H23N3O6S. The summed E-state index contributed by atoms with van der Waals surface area (Å²) in [6.07, 6.45) is 5.26. The number of aromatic amines is 1. The maximum Gasteiger partial charge on any atom is 0.261 e. The van der Waals surface area contributed by atoms with Crippen LogP contribution in [0.1, 0.15) is 36.0 Å². The summed E-state index contributed by atoms with van der Waals surface area (Å²) in [6, 6.07) is 9.00. The Bertz CT molecular complexity index is 1390. The number of carbonyl (C=O) groups excluding carboxylic acids is 1. The zero-order valence-electron chi connectivity index (χ0n) is 17.7. The molecule has 3 N–H and O–H groups in total. The average Bonchev–Trinajstić information content (AvgIpc) is 3.32. The zero-order valence-corrected chi connectivity index (χ0v) is 18.5. The lowest BCUT2D eigenvalue weighted by atomic mass is 10.1. The number of carbonyl (C=O) groups is 1. The maximum absolute atomic E-state index is 13.0. The van der Waals surface area contributed by atoms with Crippen molar-refractivity contribution in [1.29, 1.82) is 0 Å². The quantitative estimate of drug-likeness (QED) is 0.527. The molecule has 2 aliphatic rings. The highest BCUT2D eigenvalue weighted by Gasteiger charge is 2.22. The molecule has 10 heteroatoms. The van der Waals surface area contributed by atoms with Crippen molar-refractivity contribution >= 4 is 32.5 Å². The third-order valence-electron chi connectivity index (χ3n) is 5.89. The van der Waals surface area contributed by atoms with Gasteiger partial charge in [0.2, 0.25) is 5.43 Å². The summed E-state index contributed by atoms with van der Waals surface area (Å²) in [5.41, 5.74) is 0.188. The summed E-state index contributed by atoms with van der Waals surface area (Å²) in [4.78, 5) is 28.5. The molecule has 1 aliphatic carbocycles. The lowest BCUT2D eigenvalue weighted by Gasteiger charge is -2.19. The van der Waals surface area contributed by atoms with Gasteiger partial charge in [0, 0.05) is 29.2 Å². The smallest absolute Gasteiger partial charge is 0.261 e. The number of ether oxygens (including phenoxy) is 2. The van der Waals surface area contributed by atoms with Crippen molar-refractivity contribution in [2.45, 2.75) is 36.6 Å². The highest BCUT2D eigenvalue weighted by molar-refractivity contribution is 7.92. The van der Waals surface area contributed by atoms with Gasteiger partial charge in [-0.05, 0) is 43.2 Å². The molecule has 0 radical (unpaired) electrons. The molecule has 0 saturated heterocycles. The van der Waals surface area contributed by atoms with E-state index in [2.05, 4.69) is 15.0 Å². The summed E-state index contributed by atoms with van der Waals surface area (Å²) in [6.45, 7) is 0.817. The Morgan fingerprint density at radius 1 is 1.00 bits per heavy atom. The molecule has 1 saturated carbocycles. The molecular weight excluding hydrogens is 446 g/mol. The van der Waals surface area contributed by atoms with E-state index in [1.807, 2.05) is 0 Å². The zero-order chi connectivity index (χ0) is 23.0. The van der Waals surface area contributed by atoms with Gasteiger partial charge in [-0.3, -0.25) is 14.3 Å². The lowest BCUT2D eigenvalue weighted by molar-refractivity contribution is 0.0936. The largest absolute Gasteiger partial charge is 0.486 e. The van der Waals surface area contributed by atoms with E-state index in [-0.39, 0.29) is 21.9 Å². The van der Waals surface area contributed by atoms with Gasteiger partial charge in [0.15, 0.2) is 11.5 Å². The number of amides is 1. The predicted molar refractivity (Wildman–Crippen MR) is 123 cm³/mol. The van der Waals surface area contributed by atoms with Gasteiger partial charge in [0.1, 0.15) is 18.8 Å². The maximum atomic E-state index is 13.0. The average molecular weight is 470 g/mol. The standard InChI is InChI=1S/C23H23N3O6S/c27-22-17-12-16(33(29,30)26-15-5-8-20-21(11-15)32-10-9-31-20)6-7-19(17)24-13-18(22)23(28)25-14-3-1-2-4-14/h5-8,11-14,26H,1-4,9-10H2,(H,24,27)(H,25,28). The first kappa shape index (κ1) is 21.3. The van der Waals surface area contributed by atoms with Crippen molar-refractivity contribution in [3.8, 4) is 11.5 Å². The number of nitrogens with one attached hydrogen (secondary N) is 3. The van der Waals surface area contributed by atoms with Gasteiger partial charge in [0.05, 0.1) is 10.6 Å². The number of fused-ring (bicyclic) bond motifs is 2. The Morgan fingerprint density at radius 3 is 2.55 bits per heavy atom. The van der Waals surface area contributed by atoms with Gasteiger partial charge in [-0.2, -0.15) is 0 Å². The predicted octanol–water partition coefficient (Wildman–Crippen LogP) is 2.77. The summed E-state index contributed by atoms with van der Waals surface area (Å²) in [5.74, 6) is 0.548. The van der Waals surface area contributed by atoms with Crippen LogP contribution in [0.25, 0.3) is 10.9 Å². The van der Waals surface area contributed by atoms with Crippen LogP contribution in [0, 0.1) is 0 Å². The molecule has 0 bridgehead atoms. The summed E-state index contributed by atoms with van der Waals surface area (Å²) in [7, 11) is -4.00. The fraction of sp³-hybridized carbons (Fsp3) is 0.304. The van der Waals surface area contributed by atoms with E-state index in [0.717, 1.165) is 25.7 Å². The summed E-state index contributed by atoms with van der Waals surface area (Å²) in [5, 5.41) is 3.02. The van der Waals surface area contributed by atoms with Gasteiger partial charge in [-0.25, -0.2) is 8.42 Å². The number of aromatic nitrogens is 1. The van der Waals surface area contributed by atoms with Gasteiger partial charge >= 0.3 is 0 Å². The minimum atomic E-state index is -4.00. The number of hydrogen-bond donors (Lipinski definition) is 3. The minimum absolute atomic E-state index is 0.0382. The molecule has 1 fully saturated rings. The fourth-order valence-electron chi connectivity index (χ4n) is 4.19. The molecule has 1 aliphatic heterocycles. The van der Waals surface area contributed by atoms with Crippen LogP contribution in [-0.4, -0.2) is 38.6 Å². The van der Waals surface area contributed by atoms with Crippen molar-refractivity contribution in [2.75, 3.05) is 17.9 Å². The number of rotatable bonds is 5. The number of anilines is 1. The topological polar surface area (TPSA) is 127 Å². The number of hydrogen-bond acceptors (Lipinski definition) is 6. The molecule has 2 aromatic carbocycles. The highest BCUT2D eigenvalue weighted by atomic mass is 32.2. The lowest BCUT2D eigenvalue weighted by Crippen LogP contribution is -2.35. The number of H-pyrrole nitrogens is 1. The minimum Gasteiger partial charge on any atom is -0.486 e. The third-order valence-corrected chi connectivity index (χ3v) is 7.27. The summed E-state index contributed by atoms with van der Waals surface area (Å²) >= 11 is 0. The number of sulfonamides is 1. The van der Waals surface area contributed by atoms with Gasteiger partial charge < -0.3 is 19.8 Å². The summed E-state index contributed by atoms with van der Waals surface area (Å²) < 4.78 is 39.4. The van der Waals surface area contributed by atoms with Crippen LogP contribution >= 0.6 is 0 Å². The molecule has 0 unspecified atom stereocenters. The van der Waals surface area contributed by atoms with E-state index in [9.17, 15) is 18.0 Å². The Morgan fingerprint density at radius 2 is 1.76 bits per heavy atom. The highest BCUT2D eigenvalue weighted by Crippen LogP contribution is 2.33. The Hall–Kier alpha value is -3.53. The van der Waals surface area contributed by atoms with Crippen LogP contribution in [-0.2, 0) is 10.0 Å². The van der Waals surface area contributed by atoms with Crippen LogP contribution in [0.4, 0.5) is 5.69 Å². The molecule has 9 nitrogen and oxygen atoms in total. The SMILES string of the molecule is O=C(NC1CCCC1)c1c[nH]c2ccc(S(=O)(=O)Nc3ccc4c(c3)OCCO4)cc2c1=O. The molecule has 1 aromatic heterocycles. The van der Waals surface area contributed by atoms with Crippen LogP contribution in [0.3, 0.4) is 0 Å². The molecule has 0 atom stereocenters. The Kier molecular flexibility index (Phi) is 5.45. The van der Waals surface area contributed by atoms with E-state index >= 15 is 0 Å². The van der Waals surface area contributed by atoms with Crippen molar-refractivity contribution in [2.24, 2.45) is 0 Å². The number of pyridine rings is 1. The fourth-order valence-corrected chi connectivity index (χ4v) is 5.26. The molecule has 3 aromatic rings. The van der Waals surface area contributed by atoms with Crippen LogP contribution in [0.2, 0.25) is 0 Å². The van der Waals surface area contributed by atoms with E-state index < -0.39 is 21.4 Å². The Balaban J connectivity index is 1.44.